The number of hydrogen-bond donors (Lipinski definition) is 0. The summed E-state index contributed by atoms with van der Waals surface area (Å²) < 4.78 is 20.1. The van der Waals surface area contributed by atoms with Crippen molar-refractivity contribution in [2.45, 2.75) is 87.6 Å². The third-order valence-electron chi connectivity index (χ3n) is 9.70. The molecular formula is C26H29FN6O2. The number of carbonyl (C=O) groups is 1. The molecule has 35 heavy (non-hydrogen) atoms. The molecule has 4 bridgehead atoms. The highest BCUT2D eigenvalue weighted by atomic mass is 19.1. The van der Waals surface area contributed by atoms with Crippen LogP contribution in [0.25, 0.3) is 10.4 Å². The van der Waals surface area contributed by atoms with E-state index < -0.39 is 11.1 Å². The van der Waals surface area contributed by atoms with Gasteiger partial charge in [0.15, 0.2) is 5.82 Å². The van der Waals surface area contributed by atoms with Crippen LogP contribution < -0.4 is 4.90 Å². The summed E-state index contributed by atoms with van der Waals surface area (Å²) in [5.41, 5.74) is 8.39. The molecule has 1 aromatic carbocycles. The molecule has 0 radical (unpaired) electrons. The van der Waals surface area contributed by atoms with Gasteiger partial charge in [-0.05, 0) is 93.7 Å². The quantitative estimate of drug-likeness (QED) is 0.261. The summed E-state index contributed by atoms with van der Waals surface area (Å²) in [6.07, 6.45) is 9.26. The van der Waals surface area contributed by atoms with Crippen LogP contribution >= 0.6 is 0 Å². The third kappa shape index (κ3) is 3.24. The number of carbonyl (C=O) groups excluding carboxylic acids is 1. The predicted octanol–water partition coefficient (Wildman–Crippen LogP) is 6.41. The summed E-state index contributed by atoms with van der Waals surface area (Å²) in [6, 6.07) is 7.22. The Kier molecular flexibility index (Phi) is 4.31. The van der Waals surface area contributed by atoms with Gasteiger partial charge in [0, 0.05) is 34.2 Å². The second-order valence-electron chi connectivity index (χ2n) is 12.1. The lowest BCUT2D eigenvalue weighted by Gasteiger charge is -2.65. The Morgan fingerprint density at radius 1 is 1.17 bits per heavy atom. The van der Waals surface area contributed by atoms with Crippen LogP contribution in [-0.2, 0) is 10.2 Å². The Morgan fingerprint density at radius 2 is 1.89 bits per heavy atom. The maximum atomic E-state index is 14.3. The molecule has 182 valence electrons. The Hall–Kier alpha value is -2.93. The van der Waals surface area contributed by atoms with Gasteiger partial charge in [-0.2, -0.15) is 4.98 Å². The first-order valence-corrected chi connectivity index (χ1v) is 12.9. The van der Waals surface area contributed by atoms with Crippen molar-refractivity contribution in [1.29, 1.82) is 0 Å². The molecule has 0 N–H and O–H groups in total. The van der Waals surface area contributed by atoms with Crippen LogP contribution in [0.15, 0.2) is 33.9 Å². The van der Waals surface area contributed by atoms with E-state index in [9.17, 15) is 9.18 Å². The third-order valence-corrected chi connectivity index (χ3v) is 9.70. The second-order valence-corrected chi connectivity index (χ2v) is 12.1. The monoisotopic (exact) mass is 476 g/mol. The number of fused-ring (bicyclic) bond motifs is 3. The number of benzene rings is 1. The molecular weight excluding hydrogens is 447 g/mol. The maximum Gasteiger partial charge on any atom is 0.233 e. The molecule has 7 fully saturated rings. The number of anilines is 1. The molecule has 0 atom stereocenters. The van der Waals surface area contributed by atoms with Crippen molar-refractivity contribution in [1.82, 2.24) is 10.1 Å². The van der Waals surface area contributed by atoms with Gasteiger partial charge in [0.05, 0.1) is 5.41 Å². The predicted molar refractivity (Wildman–Crippen MR) is 126 cm³/mol. The normalized spacial score (nSPS) is 36.6. The highest BCUT2D eigenvalue weighted by molar-refractivity contribution is 6.00. The van der Waals surface area contributed by atoms with Gasteiger partial charge in [0.25, 0.3) is 0 Å². The lowest BCUT2D eigenvalue weighted by molar-refractivity contribution is -0.211. The first-order chi connectivity index (χ1) is 16.9. The zero-order valence-corrected chi connectivity index (χ0v) is 19.7. The van der Waals surface area contributed by atoms with E-state index in [1.165, 1.54) is 0 Å². The number of rotatable bonds is 7. The van der Waals surface area contributed by atoms with Gasteiger partial charge in [-0.25, -0.2) is 4.39 Å². The highest BCUT2D eigenvalue weighted by Gasteiger charge is 2.73. The first kappa shape index (κ1) is 21.4. The highest BCUT2D eigenvalue weighted by Crippen LogP contribution is 2.70. The van der Waals surface area contributed by atoms with E-state index >= 15 is 0 Å². The van der Waals surface area contributed by atoms with Gasteiger partial charge >= 0.3 is 0 Å². The number of nitrogens with zero attached hydrogens (tertiary/aromatic N) is 6. The molecule has 0 aliphatic heterocycles. The maximum absolute atomic E-state index is 14.3. The smallest absolute Gasteiger partial charge is 0.233 e. The minimum absolute atomic E-state index is 0.0161. The van der Waals surface area contributed by atoms with Gasteiger partial charge < -0.3 is 9.42 Å². The van der Waals surface area contributed by atoms with Crippen LogP contribution in [0.3, 0.4) is 0 Å². The minimum atomic E-state index is -1.13. The zero-order valence-electron chi connectivity index (χ0n) is 19.7. The number of amides is 1. The second kappa shape index (κ2) is 7.06. The Morgan fingerprint density at radius 3 is 2.51 bits per heavy atom. The van der Waals surface area contributed by atoms with Gasteiger partial charge in [-0.1, -0.05) is 22.4 Å². The van der Waals surface area contributed by atoms with Crippen molar-refractivity contribution in [2.75, 3.05) is 11.4 Å². The summed E-state index contributed by atoms with van der Waals surface area (Å²) in [5.74, 6) is 2.19. The molecule has 7 aliphatic rings. The fourth-order valence-electron chi connectivity index (χ4n) is 7.35. The molecule has 7 aliphatic carbocycles. The summed E-state index contributed by atoms with van der Waals surface area (Å²) >= 11 is 0. The molecule has 0 saturated heterocycles. The standard InChI is InChI=1S/C26H29FN6O2/c27-26-13-25(14-26,15-26)22(34)33(19-3-1-2-18(12-19)30-32-28)16-23-6-9-24(10-7-23,11-8-23)21-29-20(31-35-21)17-4-5-17/h1-3,12,17H,4-11,13-16H2. The van der Waals surface area contributed by atoms with Crippen molar-refractivity contribution in [2.24, 2.45) is 15.9 Å². The SMILES string of the molecule is [N-]=[N+]=Nc1cccc(N(CC23CCC(c4nc(C5CC5)no4)(CC2)CC3)C(=O)C23CC(F)(C2)C3)c1. The molecule has 8 nitrogen and oxygen atoms in total. The van der Waals surface area contributed by atoms with Crippen LogP contribution in [0.5, 0.6) is 0 Å². The van der Waals surface area contributed by atoms with E-state index in [0.29, 0.717) is 37.4 Å². The van der Waals surface area contributed by atoms with Gasteiger partial charge in [-0.15, -0.1) is 0 Å². The molecule has 0 unspecified atom stereocenters. The lowest BCUT2D eigenvalue weighted by atomic mass is 9.41. The number of aromatic nitrogens is 2. The van der Waals surface area contributed by atoms with E-state index in [4.69, 9.17) is 15.0 Å². The average Bonchev–Trinajstić information content (AvgIpc) is 3.57. The van der Waals surface area contributed by atoms with Gasteiger partial charge in [0.1, 0.15) is 5.67 Å². The van der Waals surface area contributed by atoms with Crippen LogP contribution in [0.2, 0.25) is 0 Å². The van der Waals surface area contributed by atoms with E-state index in [1.54, 1.807) is 12.1 Å². The summed E-state index contributed by atoms with van der Waals surface area (Å²) in [7, 11) is 0. The van der Waals surface area contributed by atoms with E-state index in [1.807, 2.05) is 17.0 Å². The lowest BCUT2D eigenvalue weighted by Crippen LogP contribution is -2.71. The average molecular weight is 477 g/mol. The Bertz CT molecular complexity index is 1220. The topological polar surface area (TPSA) is 108 Å². The Labute approximate surface area is 202 Å². The van der Waals surface area contributed by atoms with Crippen LogP contribution in [-0.4, -0.2) is 28.3 Å². The molecule has 1 aromatic heterocycles. The van der Waals surface area contributed by atoms with E-state index in [-0.39, 0.29) is 16.7 Å². The molecule has 9 heteroatoms. The molecule has 9 rings (SSSR count). The van der Waals surface area contributed by atoms with Crippen molar-refractivity contribution in [3.63, 3.8) is 0 Å². The zero-order chi connectivity index (χ0) is 23.9. The number of alkyl halides is 1. The fourth-order valence-corrected chi connectivity index (χ4v) is 7.35. The minimum Gasteiger partial charge on any atom is -0.339 e. The van der Waals surface area contributed by atoms with Gasteiger partial charge in [-0.3, -0.25) is 4.79 Å². The molecule has 2 aromatic rings. The van der Waals surface area contributed by atoms with Crippen LogP contribution in [0, 0.1) is 10.8 Å². The molecule has 0 spiro atoms. The Balaban J connectivity index is 1.14. The first-order valence-electron chi connectivity index (χ1n) is 12.9. The van der Waals surface area contributed by atoms with Crippen LogP contribution in [0.1, 0.15) is 88.3 Å². The summed E-state index contributed by atoms with van der Waals surface area (Å²) in [4.78, 5) is 23.4. The number of halogens is 1. The molecule has 1 amide bonds. The largest absolute Gasteiger partial charge is 0.339 e. The number of hydrogen-bond acceptors (Lipinski definition) is 5. The van der Waals surface area contributed by atoms with Crippen molar-refractivity contribution >= 4 is 17.3 Å². The number of azide groups is 1. The van der Waals surface area contributed by atoms with E-state index in [2.05, 4.69) is 15.2 Å². The van der Waals surface area contributed by atoms with Crippen molar-refractivity contribution in [3.05, 3.63) is 46.4 Å². The van der Waals surface area contributed by atoms with Crippen molar-refractivity contribution in [3.8, 4) is 0 Å². The molecule has 1 heterocycles. The molecule has 7 saturated carbocycles. The van der Waals surface area contributed by atoms with E-state index in [0.717, 1.165) is 68.8 Å². The van der Waals surface area contributed by atoms with Crippen molar-refractivity contribution < 1.29 is 13.7 Å². The van der Waals surface area contributed by atoms with Crippen LogP contribution in [0.4, 0.5) is 15.8 Å². The summed E-state index contributed by atoms with van der Waals surface area (Å²) in [6.45, 7) is 0.611. The summed E-state index contributed by atoms with van der Waals surface area (Å²) in [5, 5.41) is 8.00. The van der Waals surface area contributed by atoms with Gasteiger partial charge in [0.2, 0.25) is 11.8 Å². The fraction of sp³-hybridized carbons (Fsp3) is 0.654.